The van der Waals surface area contributed by atoms with Gasteiger partial charge in [-0.05, 0) is 60.9 Å². The molecule has 2 aromatic rings. The molecule has 0 spiro atoms. The summed E-state index contributed by atoms with van der Waals surface area (Å²) in [5.74, 6) is 1.01. The van der Waals surface area contributed by atoms with Crippen molar-refractivity contribution >= 4 is 16.8 Å². The van der Waals surface area contributed by atoms with Crippen molar-refractivity contribution in [3.8, 4) is 0 Å². The van der Waals surface area contributed by atoms with E-state index in [0.29, 0.717) is 0 Å². The Morgan fingerprint density at radius 1 is 0.957 bits per heavy atom. The summed E-state index contributed by atoms with van der Waals surface area (Å²) >= 11 is 0. The van der Waals surface area contributed by atoms with Crippen LogP contribution in [0.1, 0.15) is 44.1 Å². The number of piperidine rings is 1. The Kier molecular flexibility index (Phi) is 4.48. The maximum Gasteiger partial charge on any atom is 0.0130 e. The van der Waals surface area contributed by atoms with Gasteiger partial charge in [0.25, 0.3) is 0 Å². The molecule has 120 valence electrons. The third kappa shape index (κ3) is 3.67. The number of nitrogens with zero attached hydrogens (tertiary/aromatic N) is 1. The second-order valence-corrected chi connectivity index (χ2v) is 7.29. The van der Waals surface area contributed by atoms with Crippen molar-refractivity contribution in [2.24, 2.45) is 5.92 Å². The molecule has 2 fully saturated rings. The van der Waals surface area contributed by atoms with Gasteiger partial charge in [-0.1, -0.05) is 61.0 Å². The predicted octanol–water partition coefficient (Wildman–Crippen LogP) is 5.51. The van der Waals surface area contributed by atoms with E-state index in [-0.39, 0.29) is 0 Å². The van der Waals surface area contributed by atoms with Crippen molar-refractivity contribution in [1.82, 2.24) is 4.90 Å². The van der Waals surface area contributed by atoms with E-state index in [1.807, 2.05) is 0 Å². The van der Waals surface area contributed by atoms with Crippen molar-refractivity contribution in [3.63, 3.8) is 0 Å². The van der Waals surface area contributed by atoms with Crippen LogP contribution in [0.25, 0.3) is 16.8 Å². The number of fused-ring (bicyclic) bond motifs is 1. The quantitative estimate of drug-likeness (QED) is 0.704. The Hall–Kier alpha value is -1.60. The Morgan fingerprint density at radius 3 is 2.74 bits per heavy atom. The fourth-order valence-electron chi connectivity index (χ4n) is 3.95. The van der Waals surface area contributed by atoms with Crippen LogP contribution in [0, 0.1) is 5.92 Å². The normalized spacial score (nSPS) is 22.9. The second kappa shape index (κ2) is 6.88. The van der Waals surface area contributed by atoms with E-state index in [1.165, 1.54) is 68.0 Å². The third-order valence-corrected chi connectivity index (χ3v) is 5.47. The van der Waals surface area contributed by atoms with E-state index in [4.69, 9.17) is 0 Å². The van der Waals surface area contributed by atoms with Gasteiger partial charge in [0.2, 0.25) is 0 Å². The molecule has 0 radical (unpaired) electrons. The van der Waals surface area contributed by atoms with Crippen LogP contribution in [-0.2, 0) is 0 Å². The Morgan fingerprint density at radius 2 is 1.83 bits per heavy atom. The SMILES string of the molecule is C(=Cc1cccc2ccccc12)CC1CCCCN1CC1CC1. The van der Waals surface area contributed by atoms with Crippen molar-refractivity contribution in [2.75, 3.05) is 13.1 Å². The van der Waals surface area contributed by atoms with Crippen LogP contribution in [0.2, 0.25) is 0 Å². The second-order valence-electron chi connectivity index (χ2n) is 7.29. The van der Waals surface area contributed by atoms with E-state index in [0.717, 1.165) is 12.0 Å². The average Bonchev–Trinajstić information content (AvgIpc) is 3.41. The lowest BCUT2D eigenvalue weighted by Gasteiger charge is -2.35. The van der Waals surface area contributed by atoms with Gasteiger partial charge in [-0.3, -0.25) is 4.90 Å². The summed E-state index contributed by atoms with van der Waals surface area (Å²) in [6.45, 7) is 2.68. The Labute approximate surface area is 140 Å². The molecular formula is C22H27N. The Balaban J connectivity index is 1.45. The first-order valence-electron chi connectivity index (χ1n) is 9.28. The van der Waals surface area contributed by atoms with Crippen molar-refractivity contribution in [3.05, 3.63) is 54.1 Å². The molecule has 0 aromatic heterocycles. The molecule has 0 bridgehead atoms. The molecule has 0 N–H and O–H groups in total. The largest absolute Gasteiger partial charge is 0.300 e. The first-order chi connectivity index (χ1) is 11.4. The highest BCUT2D eigenvalue weighted by atomic mass is 15.2. The summed E-state index contributed by atoms with van der Waals surface area (Å²) in [6, 6.07) is 16.1. The van der Waals surface area contributed by atoms with E-state index < -0.39 is 0 Å². The van der Waals surface area contributed by atoms with Gasteiger partial charge in [-0.15, -0.1) is 0 Å². The molecule has 1 saturated carbocycles. The zero-order chi connectivity index (χ0) is 15.5. The molecule has 1 saturated heterocycles. The maximum absolute atomic E-state index is 2.77. The van der Waals surface area contributed by atoms with Crippen LogP contribution in [0.15, 0.2) is 48.5 Å². The molecule has 1 aliphatic carbocycles. The van der Waals surface area contributed by atoms with Crippen LogP contribution >= 0.6 is 0 Å². The van der Waals surface area contributed by atoms with Gasteiger partial charge in [0, 0.05) is 12.6 Å². The van der Waals surface area contributed by atoms with Crippen molar-refractivity contribution < 1.29 is 0 Å². The zero-order valence-electron chi connectivity index (χ0n) is 14.0. The minimum atomic E-state index is 0.774. The maximum atomic E-state index is 2.77. The van der Waals surface area contributed by atoms with Gasteiger partial charge in [-0.25, -0.2) is 0 Å². The summed E-state index contributed by atoms with van der Waals surface area (Å²) in [4.78, 5) is 2.77. The van der Waals surface area contributed by atoms with E-state index in [1.54, 1.807) is 0 Å². The minimum absolute atomic E-state index is 0.774. The average molecular weight is 305 g/mol. The van der Waals surface area contributed by atoms with Gasteiger partial charge in [0.05, 0.1) is 0 Å². The van der Waals surface area contributed by atoms with Gasteiger partial charge in [-0.2, -0.15) is 0 Å². The molecule has 1 aliphatic heterocycles. The molecule has 1 heteroatoms. The lowest BCUT2D eigenvalue weighted by atomic mass is 9.97. The number of rotatable bonds is 5. The Bertz CT molecular complexity index is 678. The van der Waals surface area contributed by atoms with Crippen LogP contribution in [0.5, 0.6) is 0 Å². The monoisotopic (exact) mass is 305 g/mol. The topological polar surface area (TPSA) is 3.24 Å². The van der Waals surface area contributed by atoms with Crippen LogP contribution in [0.3, 0.4) is 0 Å². The first-order valence-corrected chi connectivity index (χ1v) is 9.28. The summed E-state index contributed by atoms with van der Waals surface area (Å²) in [6.07, 6.45) is 13.1. The summed E-state index contributed by atoms with van der Waals surface area (Å²) in [5, 5.41) is 2.70. The molecule has 1 heterocycles. The van der Waals surface area contributed by atoms with E-state index in [2.05, 4.69) is 59.5 Å². The molecule has 0 amide bonds. The molecule has 1 nitrogen and oxygen atoms in total. The molecule has 2 aliphatic rings. The third-order valence-electron chi connectivity index (χ3n) is 5.47. The lowest BCUT2D eigenvalue weighted by Crippen LogP contribution is -2.40. The fraction of sp³-hybridized carbons (Fsp3) is 0.455. The van der Waals surface area contributed by atoms with Crippen LogP contribution < -0.4 is 0 Å². The van der Waals surface area contributed by atoms with Gasteiger partial charge in [0.15, 0.2) is 0 Å². The van der Waals surface area contributed by atoms with E-state index in [9.17, 15) is 0 Å². The lowest BCUT2D eigenvalue weighted by molar-refractivity contribution is 0.143. The highest BCUT2D eigenvalue weighted by Crippen LogP contribution is 2.32. The smallest absolute Gasteiger partial charge is 0.0130 e. The van der Waals surface area contributed by atoms with Gasteiger partial charge >= 0.3 is 0 Å². The summed E-state index contributed by atoms with van der Waals surface area (Å²) in [5.41, 5.74) is 1.35. The molecule has 2 aromatic carbocycles. The standard InChI is InChI=1S/C22H27N/c1-2-13-22-19(7-1)8-5-9-20(22)10-6-12-21-11-3-4-16-23(21)17-18-14-15-18/h1-2,5-10,13,18,21H,3-4,11-12,14-17H2. The highest BCUT2D eigenvalue weighted by molar-refractivity contribution is 5.90. The van der Waals surface area contributed by atoms with E-state index >= 15 is 0 Å². The van der Waals surface area contributed by atoms with Crippen LogP contribution in [-0.4, -0.2) is 24.0 Å². The molecule has 23 heavy (non-hydrogen) atoms. The van der Waals surface area contributed by atoms with Crippen LogP contribution in [0.4, 0.5) is 0 Å². The summed E-state index contributed by atoms with van der Waals surface area (Å²) in [7, 11) is 0. The number of hydrogen-bond donors (Lipinski definition) is 0. The zero-order valence-corrected chi connectivity index (χ0v) is 14.0. The number of benzene rings is 2. The molecule has 4 rings (SSSR count). The molecule has 1 unspecified atom stereocenters. The first kappa shape index (κ1) is 15.0. The van der Waals surface area contributed by atoms with Gasteiger partial charge in [0.1, 0.15) is 0 Å². The number of hydrogen-bond acceptors (Lipinski definition) is 1. The molecular weight excluding hydrogens is 278 g/mol. The fourth-order valence-corrected chi connectivity index (χ4v) is 3.95. The minimum Gasteiger partial charge on any atom is -0.300 e. The van der Waals surface area contributed by atoms with Crippen molar-refractivity contribution in [2.45, 2.75) is 44.6 Å². The highest BCUT2D eigenvalue weighted by Gasteiger charge is 2.28. The predicted molar refractivity (Wildman–Crippen MR) is 99.5 cm³/mol. The number of likely N-dealkylation sites (tertiary alicyclic amines) is 1. The summed E-state index contributed by atoms with van der Waals surface area (Å²) < 4.78 is 0. The van der Waals surface area contributed by atoms with Crippen molar-refractivity contribution in [1.29, 1.82) is 0 Å². The van der Waals surface area contributed by atoms with Gasteiger partial charge < -0.3 is 0 Å². The molecule has 1 atom stereocenters.